The smallest absolute Gasteiger partial charge is 0.161 e. The lowest BCUT2D eigenvalue weighted by Gasteiger charge is -2.29. The summed E-state index contributed by atoms with van der Waals surface area (Å²) < 4.78 is 16.7. The summed E-state index contributed by atoms with van der Waals surface area (Å²) in [6.45, 7) is 4.61. The van der Waals surface area contributed by atoms with Gasteiger partial charge < -0.3 is 19.3 Å². The van der Waals surface area contributed by atoms with Gasteiger partial charge in [-0.05, 0) is 38.1 Å². The average Bonchev–Trinajstić information content (AvgIpc) is 2.93. The first kappa shape index (κ1) is 14.6. The van der Waals surface area contributed by atoms with Gasteiger partial charge in [-0.1, -0.05) is 6.07 Å². The van der Waals surface area contributed by atoms with Gasteiger partial charge in [-0.25, -0.2) is 0 Å². The maximum absolute atomic E-state index is 10.5. The minimum absolute atomic E-state index is 0.225. The molecule has 21 heavy (non-hydrogen) atoms. The number of fused-ring (bicyclic) bond motifs is 1. The highest BCUT2D eigenvalue weighted by molar-refractivity contribution is 5.44. The summed E-state index contributed by atoms with van der Waals surface area (Å²) in [6.07, 6.45) is 0.701. The number of rotatable bonds is 4. The molecule has 1 aromatic carbocycles. The molecule has 2 aliphatic heterocycles. The van der Waals surface area contributed by atoms with Crippen molar-refractivity contribution in [2.45, 2.75) is 31.6 Å². The molecule has 0 saturated carbocycles. The van der Waals surface area contributed by atoms with Gasteiger partial charge in [-0.3, -0.25) is 4.90 Å². The summed E-state index contributed by atoms with van der Waals surface area (Å²) in [5.41, 5.74) is 0.859. The maximum Gasteiger partial charge on any atom is 0.161 e. The number of hydrogen-bond acceptors (Lipinski definition) is 5. The largest absolute Gasteiger partial charge is 0.486 e. The highest BCUT2D eigenvalue weighted by Gasteiger charge is 2.29. The Morgan fingerprint density at radius 3 is 2.71 bits per heavy atom. The molecule has 0 aromatic heterocycles. The highest BCUT2D eigenvalue weighted by Crippen LogP contribution is 2.33. The second-order valence-electron chi connectivity index (χ2n) is 5.79. The Morgan fingerprint density at radius 2 is 2.00 bits per heavy atom. The first-order valence-corrected chi connectivity index (χ1v) is 7.54. The lowest BCUT2D eigenvalue weighted by atomic mass is 10.1. The van der Waals surface area contributed by atoms with E-state index >= 15 is 0 Å². The molecule has 2 aliphatic rings. The van der Waals surface area contributed by atoms with Crippen molar-refractivity contribution in [3.05, 3.63) is 23.8 Å². The van der Waals surface area contributed by atoms with Crippen LogP contribution in [0.5, 0.6) is 11.5 Å². The van der Waals surface area contributed by atoms with E-state index in [1.807, 2.05) is 25.2 Å². The van der Waals surface area contributed by atoms with E-state index in [2.05, 4.69) is 11.8 Å². The van der Waals surface area contributed by atoms with Gasteiger partial charge >= 0.3 is 0 Å². The van der Waals surface area contributed by atoms with Crippen molar-refractivity contribution in [1.29, 1.82) is 0 Å². The van der Waals surface area contributed by atoms with Crippen LogP contribution in [0, 0.1) is 0 Å². The number of hydrogen-bond donors (Lipinski definition) is 1. The molecule has 3 rings (SSSR count). The summed E-state index contributed by atoms with van der Waals surface area (Å²) in [7, 11) is 2.04. The van der Waals surface area contributed by atoms with Gasteiger partial charge in [-0.15, -0.1) is 0 Å². The van der Waals surface area contributed by atoms with Crippen molar-refractivity contribution in [3.63, 3.8) is 0 Å². The molecule has 3 atom stereocenters. The molecule has 5 nitrogen and oxygen atoms in total. The molecular weight excluding hydrogens is 270 g/mol. The Bertz CT molecular complexity index is 493. The van der Waals surface area contributed by atoms with E-state index in [1.54, 1.807) is 0 Å². The number of aliphatic hydroxyl groups is 1. The third-order valence-corrected chi connectivity index (χ3v) is 4.31. The molecule has 3 unspecified atom stereocenters. The van der Waals surface area contributed by atoms with Crippen LogP contribution in [0.25, 0.3) is 0 Å². The molecule has 0 bridgehead atoms. The van der Waals surface area contributed by atoms with Gasteiger partial charge in [0.25, 0.3) is 0 Å². The van der Waals surface area contributed by atoms with E-state index in [0.29, 0.717) is 25.8 Å². The standard InChI is InChI=1S/C16H23NO4/c1-11-13(5-6-19-11)17(2)10-14(18)12-3-4-15-16(9-12)21-8-7-20-15/h3-4,9,11,13-14,18H,5-8,10H2,1-2H3. The normalized spacial score (nSPS) is 26.1. The average molecular weight is 293 g/mol. The maximum atomic E-state index is 10.5. The van der Waals surface area contributed by atoms with E-state index in [4.69, 9.17) is 14.2 Å². The third-order valence-electron chi connectivity index (χ3n) is 4.31. The van der Waals surface area contributed by atoms with Crippen molar-refractivity contribution in [3.8, 4) is 11.5 Å². The predicted molar refractivity (Wildman–Crippen MR) is 78.8 cm³/mol. The van der Waals surface area contributed by atoms with Gasteiger partial charge in [0, 0.05) is 19.2 Å². The van der Waals surface area contributed by atoms with Crippen molar-refractivity contribution in [2.75, 3.05) is 33.4 Å². The fraction of sp³-hybridized carbons (Fsp3) is 0.625. The minimum Gasteiger partial charge on any atom is -0.486 e. The topological polar surface area (TPSA) is 51.2 Å². The monoisotopic (exact) mass is 293 g/mol. The molecule has 116 valence electrons. The van der Waals surface area contributed by atoms with Crippen molar-refractivity contribution >= 4 is 0 Å². The summed E-state index contributed by atoms with van der Waals surface area (Å²) >= 11 is 0. The van der Waals surface area contributed by atoms with E-state index < -0.39 is 6.10 Å². The second-order valence-corrected chi connectivity index (χ2v) is 5.79. The highest BCUT2D eigenvalue weighted by atomic mass is 16.6. The summed E-state index contributed by atoms with van der Waals surface area (Å²) in [5.74, 6) is 1.47. The Labute approximate surface area is 125 Å². The molecule has 0 radical (unpaired) electrons. The number of benzene rings is 1. The first-order chi connectivity index (χ1) is 10.1. The van der Waals surface area contributed by atoms with Crippen molar-refractivity contribution in [1.82, 2.24) is 4.90 Å². The Kier molecular flexibility index (Phi) is 4.33. The quantitative estimate of drug-likeness (QED) is 0.914. The molecule has 0 aliphatic carbocycles. The van der Waals surface area contributed by atoms with Crippen LogP contribution in [0.1, 0.15) is 25.0 Å². The fourth-order valence-electron chi connectivity index (χ4n) is 3.08. The lowest BCUT2D eigenvalue weighted by Crippen LogP contribution is -2.39. The van der Waals surface area contributed by atoms with Crippen LogP contribution in [0.3, 0.4) is 0 Å². The number of ether oxygens (including phenoxy) is 3. The van der Waals surface area contributed by atoms with E-state index in [9.17, 15) is 5.11 Å². The minimum atomic E-state index is -0.543. The predicted octanol–water partition coefficient (Wildman–Crippen LogP) is 1.60. The van der Waals surface area contributed by atoms with Crippen molar-refractivity contribution in [2.24, 2.45) is 0 Å². The van der Waals surface area contributed by atoms with Gasteiger partial charge in [0.2, 0.25) is 0 Å². The number of likely N-dealkylation sites (N-methyl/N-ethyl adjacent to an activating group) is 1. The molecular formula is C16H23NO4. The molecule has 1 N–H and O–H groups in total. The number of nitrogens with zero attached hydrogens (tertiary/aromatic N) is 1. The van der Waals surface area contributed by atoms with E-state index in [1.165, 1.54) is 0 Å². The number of aliphatic hydroxyl groups excluding tert-OH is 1. The summed E-state index contributed by atoms with van der Waals surface area (Å²) in [4.78, 5) is 2.18. The zero-order valence-electron chi connectivity index (χ0n) is 12.6. The molecule has 1 saturated heterocycles. The zero-order chi connectivity index (χ0) is 14.8. The zero-order valence-corrected chi connectivity index (χ0v) is 12.6. The van der Waals surface area contributed by atoms with Crippen LogP contribution in [-0.2, 0) is 4.74 Å². The molecule has 2 heterocycles. The summed E-state index contributed by atoms with van der Waals surface area (Å²) in [6, 6.07) is 6.02. The molecule has 5 heteroatoms. The second kappa shape index (κ2) is 6.22. The lowest BCUT2D eigenvalue weighted by molar-refractivity contribution is 0.0577. The Hall–Kier alpha value is -1.30. The van der Waals surface area contributed by atoms with Crippen LogP contribution < -0.4 is 9.47 Å². The molecule has 0 spiro atoms. The summed E-state index contributed by atoms with van der Waals surface area (Å²) in [5, 5.41) is 10.5. The Balaban J connectivity index is 1.66. The first-order valence-electron chi connectivity index (χ1n) is 7.54. The van der Waals surface area contributed by atoms with Crippen LogP contribution in [0.4, 0.5) is 0 Å². The van der Waals surface area contributed by atoms with Crippen LogP contribution in [0.2, 0.25) is 0 Å². The SMILES string of the molecule is CC1OCCC1N(C)CC(O)c1ccc2c(c1)OCCO2. The van der Waals surface area contributed by atoms with Gasteiger partial charge in [0.1, 0.15) is 13.2 Å². The van der Waals surface area contributed by atoms with Crippen LogP contribution >= 0.6 is 0 Å². The Morgan fingerprint density at radius 1 is 1.24 bits per heavy atom. The molecule has 0 amide bonds. The van der Waals surface area contributed by atoms with Crippen molar-refractivity contribution < 1.29 is 19.3 Å². The van der Waals surface area contributed by atoms with E-state index in [0.717, 1.165) is 30.1 Å². The van der Waals surface area contributed by atoms with Gasteiger partial charge in [-0.2, -0.15) is 0 Å². The van der Waals surface area contributed by atoms with Crippen LogP contribution in [0.15, 0.2) is 18.2 Å². The molecule has 1 aromatic rings. The van der Waals surface area contributed by atoms with E-state index in [-0.39, 0.29) is 6.10 Å². The fourth-order valence-corrected chi connectivity index (χ4v) is 3.08. The molecule has 1 fully saturated rings. The van der Waals surface area contributed by atoms with Crippen LogP contribution in [-0.4, -0.2) is 55.6 Å². The van der Waals surface area contributed by atoms with Gasteiger partial charge in [0.15, 0.2) is 11.5 Å². The van der Waals surface area contributed by atoms with Gasteiger partial charge in [0.05, 0.1) is 12.2 Å². The third kappa shape index (κ3) is 3.15.